The van der Waals surface area contributed by atoms with Crippen molar-refractivity contribution in [1.29, 1.82) is 0 Å². The topological polar surface area (TPSA) is 61.2 Å². The van der Waals surface area contributed by atoms with Gasteiger partial charge in [-0.3, -0.25) is 14.2 Å². The highest BCUT2D eigenvalue weighted by molar-refractivity contribution is 7.99. The van der Waals surface area contributed by atoms with E-state index < -0.39 is 5.82 Å². The molecule has 0 spiro atoms. The fraction of sp³-hybridized carbons (Fsp3) is 0.286. The van der Waals surface area contributed by atoms with E-state index in [4.69, 9.17) is 4.74 Å². The summed E-state index contributed by atoms with van der Waals surface area (Å²) in [6, 6.07) is 11.3. The van der Waals surface area contributed by atoms with Gasteiger partial charge in [0.2, 0.25) is 0 Å². The van der Waals surface area contributed by atoms with Gasteiger partial charge in [0.15, 0.2) is 22.5 Å². The molecule has 2 aromatic carbocycles. The van der Waals surface area contributed by atoms with Gasteiger partial charge in [0.05, 0.1) is 23.8 Å². The van der Waals surface area contributed by atoms with Gasteiger partial charge < -0.3 is 4.74 Å². The lowest BCUT2D eigenvalue weighted by Crippen LogP contribution is -2.24. The smallest absolute Gasteiger partial charge is 0.262 e. The number of thioether (sulfide) groups is 1. The zero-order valence-electron chi connectivity index (χ0n) is 15.8. The number of benzene rings is 2. The van der Waals surface area contributed by atoms with Crippen molar-refractivity contribution in [2.24, 2.45) is 0 Å². The van der Waals surface area contributed by atoms with Gasteiger partial charge in [0.25, 0.3) is 5.56 Å². The molecule has 0 unspecified atom stereocenters. The molecule has 0 atom stereocenters. The molecule has 0 saturated carbocycles. The Balaban J connectivity index is 1.87. The summed E-state index contributed by atoms with van der Waals surface area (Å²) in [4.78, 5) is 29.9. The number of carbonyl (C=O) groups is 1. The number of Topliss-reactive ketones (excluding diaryl/α,β-unsaturated/α-hetero) is 1. The molecule has 0 saturated heterocycles. The third kappa shape index (κ3) is 4.25. The first kappa shape index (κ1) is 20.1. The van der Waals surface area contributed by atoms with Crippen LogP contribution in [0.2, 0.25) is 0 Å². The van der Waals surface area contributed by atoms with Crippen molar-refractivity contribution in [2.45, 2.75) is 31.5 Å². The van der Waals surface area contributed by atoms with E-state index >= 15 is 0 Å². The van der Waals surface area contributed by atoms with Crippen molar-refractivity contribution in [3.05, 3.63) is 64.2 Å². The van der Waals surface area contributed by atoms with Crippen LogP contribution in [0.5, 0.6) is 5.75 Å². The summed E-state index contributed by atoms with van der Waals surface area (Å²) in [5.74, 6) is -0.672. The van der Waals surface area contributed by atoms with E-state index in [1.54, 1.807) is 16.7 Å². The summed E-state index contributed by atoms with van der Waals surface area (Å²) in [5, 5.41) is 1.06. The van der Waals surface area contributed by atoms with Crippen molar-refractivity contribution in [1.82, 2.24) is 9.55 Å². The fourth-order valence-corrected chi connectivity index (χ4v) is 3.74. The van der Waals surface area contributed by atoms with Crippen LogP contribution in [0.3, 0.4) is 0 Å². The molecule has 3 rings (SSSR count). The maximum atomic E-state index is 13.9. The molecular formula is C21H21FN2O3S. The Labute approximate surface area is 166 Å². The third-order valence-corrected chi connectivity index (χ3v) is 5.34. The monoisotopic (exact) mass is 400 g/mol. The number of ketones is 1. The SMILES string of the molecule is CCCCn1c(SCC(=O)c2ccc(OC)c(F)c2)nc2ccccc2c1=O. The number of carbonyl (C=O) groups excluding carboxylic acids is 1. The Morgan fingerprint density at radius 1 is 1.25 bits per heavy atom. The number of aromatic nitrogens is 2. The van der Waals surface area contributed by atoms with Crippen molar-refractivity contribution in [3.63, 3.8) is 0 Å². The van der Waals surface area contributed by atoms with Crippen LogP contribution in [0.1, 0.15) is 30.1 Å². The van der Waals surface area contributed by atoms with Crippen LogP contribution in [0.15, 0.2) is 52.4 Å². The van der Waals surface area contributed by atoms with Crippen LogP contribution in [0.25, 0.3) is 10.9 Å². The van der Waals surface area contributed by atoms with Crippen molar-refractivity contribution >= 4 is 28.4 Å². The van der Waals surface area contributed by atoms with Crippen LogP contribution < -0.4 is 10.3 Å². The highest BCUT2D eigenvalue weighted by Crippen LogP contribution is 2.22. The van der Waals surface area contributed by atoms with Gasteiger partial charge in [0.1, 0.15) is 0 Å². The summed E-state index contributed by atoms with van der Waals surface area (Å²) in [6.45, 7) is 2.59. The number of ether oxygens (including phenoxy) is 1. The first-order valence-electron chi connectivity index (χ1n) is 9.04. The molecule has 0 aliphatic rings. The van der Waals surface area contributed by atoms with Crippen molar-refractivity contribution in [3.8, 4) is 5.75 Å². The second-order valence-corrected chi connectivity index (χ2v) is 7.23. The first-order chi connectivity index (χ1) is 13.5. The van der Waals surface area contributed by atoms with E-state index in [-0.39, 0.29) is 28.4 Å². The number of unbranched alkanes of at least 4 members (excludes halogenated alkanes) is 1. The molecule has 28 heavy (non-hydrogen) atoms. The molecular weight excluding hydrogens is 379 g/mol. The van der Waals surface area contributed by atoms with Gasteiger partial charge in [0, 0.05) is 12.1 Å². The predicted octanol–water partition coefficient (Wildman–Crippen LogP) is 4.32. The predicted molar refractivity (Wildman–Crippen MR) is 109 cm³/mol. The number of para-hydroxylation sites is 1. The first-order valence-corrected chi connectivity index (χ1v) is 10.0. The van der Waals surface area contributed by atoms with Gasteiger partial charge in [-0.15, -0.1) is 0 Å². The summed E-state index contributed by atoms with van der Waals surface area (Å²) in [5.41, 5.74) is 0.754. The normalized spacial score (nSPS) is 11.0. The molecule has 1 aromatic heterocycles. The molecule has 3 aromatic rings. The maximum absolute atomic E-state index is 13.9. The summed E-state index contributed by atoms with van der Waals surface area (Å²) in [6.07, 6.45) is 1.78. The van der Waals surface area contributed by atoms with Crippen LogP contribution in [0, 0.1) is 5.82 Å². The van der Waals surface area contributed by atoms with Crippen LogP contribution >= 0.6 is 11.8 Å². The van der Waals surface area contributed by atoms with Gasteiger partial charge in [-0.25, -0.2) is 9.37 Å². The van der Waals surface area contributed by atoms with Gasteiger partial charge in [-0.2, -0.15) is 0 Å². The number of nitrogens with zero attached hydrogens (tertiary/aromatic N) is 2. The number of methoxy groups -OCH3 is 1. The average molecular weight is 400 g/mol. The van der Waals surface area contributed by atoms with E-state index in [0.29, 0.717) is 22.6 Å². The van der Waals surface area contributed by atoms with Gasteiger partial charge in [-0.05, 0) is 36.8 Å². The standard InChI is InChI=1S/C21H21FN2O3S/c1-3-4-11-24-20(26)15-7-5-6-8-17(15)23-21(24)28-13-18(25)14-9-10-19(27-2)16(22)12-14/h5-10,12H,3-4,11,13H2,1-2H3. The summed E-state index contributed by atoms with van der Waals surface area (Å²) < 4.78 is 20.4. The minimum absolute atomic E-state index is 0.0582. The van der Waals surface area contributed by atoms with Crippen LogP contribution in [0.4, 0.5) is 4.39 Å². The Morgan fingerprint density at radius 3 is 2.75 bits per heavy atom. The van der Waals surface area contributed by atoms with Crippen molar-refractivity contribution < 1.29 is 13.9 Å². The lowest BCUT2D eigenvalue weighted by Gasteiger charge is -2.12. The molecule has 5 nitrogen and oxygen atoms in total. The number of hydrogen-bond acceptors (Lipinski definition) is 5. The van der Waals surface area contributed by atoms with E-state index in [9.17, 15) is 14.0 Å². The highest BCUT2D eigenvalue weighted by atomic mass is 32.2. The maximum Gasteiger partial charge on any atom is 0.262 e. The molecule has 0 radical (unpaired) electrons. The molecule has 0 amide bonds. The largest absolute Gasteiger partial charge is 0.494 e. The quantitative estimate of drug-likeness (QED) is 0.320. The van der Waals surface area contributed by atoms with E-state index in [1.165, 1.54) is 37.1 Å². The second-order valence-electron chi connectivity index (χ2n) is 6.28. The Morgan fingerprint density at radius 2 is 2.04 bits per heavy atom. The fourth-order valence-electron chi connectivity index (χ4n) is 2.82. The zero-order chi connectivity index (χ0) is 20.1. The number of fused-ring (bicyclic) bond motifs is 1. The third-order valence-electron chi connectivity index (χ3n) is 4.37. The minimum atomic E-state index is -0.581. The highest BCUT2D eigenvalue weighted by Gasteiger charge is 2.15. The van der Waals surface area contributed by atoms with E-state index in [0.717, 1.165) is 12.8 Å². The molecule has 1 heterocycles. The van der Waals surface area contributed by atoms with Gasteiger partial charge in [-0.1, -0.05) is 37.2 Å². The molecule has 0 fully saturated rings. The molecule has 7 heteroatoms. The van der Waals surface area contributed by atoms with E-state index in [1.807, 2.05) is 19.1 Å². The Hall–Kier alpha value is -2.67. The molecule has 146 valence electrons. The summed E-state index contributed by atoms with van der Waals surface area (Å²) in [7, 11) is 1.37. The minimum Gasteiger partial charge on any atom is -0.494 e. The molecule has 0 aliphatic heterocycles. The van der Waals surface area contributed by atoms with E-state index in [2.05, 4.69) is 4.98 Å². The van der Waals surface area contributed by atoms with Crippen LogP contribution in [-0.2, 0) is 6.54 Å². The Bertz CT molecular complexity index is 1070. The summed E-state index contributed by atoms with van der Waals surface area (Å²) >= 11 is 1.19. The molecule has 0 aliphatic carbocycles. The lowest BCUT2D eigenvalue weighted by molar-refractivity contribution is 0.102. The second kappa shape index (κ2) is 9.01. The average Bonchev–Trinajstić information content (AvgIpc) is 2.71. The Kier molecular flexibility index (Phi) is 6.46. The van der Waals surface area contributed by atoms with Gasteiger partial charge >= 0.3 is 0 Å². The number of rotatable bonds is 8. The molecule has 0 N–H and O–H groups in total. The lowest BCUT2D eigenvalue weighted by atomic mass is 10.1. The number of halogens is 1. The zero-order valence-corrected chi connectivity index (χ0v) is 16.6. The van der Waals surface area contributed by atoms with Crippen LogP contribution in [-0.4, -0.2) is 28.2 Å². The van der Waals surface area contributed by atoms with Crippen molar-refractivity contribution in [2.75, 3.05) is 12.9 Å². The number of hydrogen-bond donors (Lipinski definition) is 0. The molecule has 0 bridgehead atoms.